The lowest BCUT2D eigenvalue weighted by Crippen LogP contribution is -2.26. The van der Waals surface area contributed by atoms with Gasteiger partial charge in [-0.15, -0.1) is 0 Å². The van der Waals surface area contributed by atoms with Crippen molar-refractivity contribution in [2.45, 2.75) is 18.9 Å². The summed E-state index contributed by atoms with van der Waals surface area (Å²) in [5.74, 6) is 1.50. The standard InChI is InChI=1S/C24H23NO3/c26-23(25-17-20-12-7-13-22-24(20)28-15-14-27-22)16-21(18-8-3-1-4-9-18)19-10-5-2-6-11-19/h1-13,21H,14-17H2,(H,25,26). The van der Waals surface area contributed by atoms with Crippen molar-refractivity contribution in [3.05, 3.63) is 95.6 Å². The lowest BCUT2D eigenvalue weighted by molar-refractivity contribution is -0.121. The van der Waals surface area contributed by atoms with Gasteiger partial charge in [-0.2, -0.15) is 0 Å². The molecule has 28 heavy (non-hydrogen) atoms. The zero-order valence-electron chi connectivity index (χ0n) is 15.6. The second kappa shape index (κ2) is 8.61. The average Bonchev–Trinajstić information content (AvgIpc) is 2.77. The van der Waals surface area contributed by atoms with Crippen LogP contribution in [0.3, 0.4) is 0 Å². The van der Waals surface area contributed by atoms with Crippen LogP contribution in [-0.4, -0.2) is 19.1 Å². The van der Waals surface area contributed by atoms with Crippen molar-refractivity contribution in [3.8, 4) is 11.5 Å². The van der Waals surface area contributed by atoms with E-state index in [9.17, 15) is 4.79 Å². The second-order valence-corrected chi connectivity index (χ2v) is 6.80. The fraction of sp³-hybridized carbons (Fsp3) is 0.208. The van der Waals surface area contributed by atoms with Crippen LogP contribution in [-0.2, 0) is 11.3 Å². The van der Waals surface area contributed by atoms with Gasteiger partial charge in [-0.25, -0.2) is 0 Å². The summed E-state index contributed by atoms with van der Waals surface area (Å²) in [6.45, 7) is 1.50. The summed E-state index contributed by atoms with van der Waals surface area (Å²) in [5, 5.41) is 3.04. The number of para-hydroxylation sites is 1. The zero-order valence-corrected chi connectivity index (χ0v) is 15.6. The van der Waals surface area contributed by atoms with Gasteiger partial charge in [-0.05, 0) is 17.2 Å². The fourth-order valence-electron chi connectivity index (χ4n) is 3.52. The maximum atomic E-state index is 12.8. The number of hydrogen-bond donors (Lipinski definition) is 1. The molecule has 1 aliphatic rings. The molecule has 0 saturated heterocycles. The number of fused-ring (bicyclic) bond motifs is 1. The topological polar surface area (TPSA) is 47.6 Å². The van der Waals surface area contributed by atoms with E-state index in [0.29, 0.717) is 26.2 Å². The molecule has 0 aliphatic carbocycles. The van der Waals surface area contributed by atoms with E-state index < -0.39 is 0 Å². The molecule has 0 unspecified atom stereocenters. The van der Waals surface area contributed by atoms with Gasteiger partial charge in [-0.1, -0.05) is 72.8 Å². The zero-order chi connectivity index (χ0) is 19.2. The van der Waals surface area contributed by atoms with Gasteiger partial charge in [-0.3, -0.25) is 4.79 Å². The molecule has 0 spiro atoms. The van der Waals surface area contributed by atoms with E-state index in [1.54, 1.807) is 0 Å². The molecule has 142 valence electrons. The normalized spacial score (nSPS) is 12.6. The van der Waals surface area contributed by atoms with E-state index in [2.05, 4.69) is 29.6 Å². The van der Waals surface area contributed by atoms with Gasteiger partial charge in [0.05, 0.1) is 0 Å². The molecule has 4 rings (SSSR count). The van der Waals surface area contributed by atoms with Crippen LogP contribution in [0.4, 0.5) is 0 Å². The number of nitrogens with one attached hydrogen (secondary N) is 1. The van der Waals surface area contributed by atoms with Crippen LogP contribution in [0.15, 0.2) is 78.9 Å². The first-order valence-corrected chi connectivity index (χ1v) is 9.55. The molecule has 0 radical (unpaired) electrons. The quantitative estimate of drug-likeness (QED) is 0.701. The predicted octanol–water partition coefficient (Wildman–Crippen LogP) is 4.30. The van der Waals surface area contributed by atoms with Gasteiger partial charge in [0.25, 0.3) is 0 Å². The molecular formula is C24H23NO3. The molecule has 1 heterocycles. The van der Waals surface area contributed by atoms with Gasteiger partial charge in [0, 0.05) is 24.4 Å². The lowest BCUT2D eigenvalue weighted by atomic mass is 9.88. The Balaban J connectivity index is 1.47. The SMILES string of the molecule is O=C(CC(c1ccccc1)c1ccccc1)NCc1cccc2c1OCCO2. The molecule has 0 bridgehead atoms. The number of hydrogen-bond acceptors (Lipinski definition) is 3. The van der Waals surface area contributed by atoms with Crippen LogP contribution < -0.4 is 14.8 Å². The molecule has 0 fully saturated rings. The monoisotopic (exact) mass is 373 g/mol. The molecule has 4 nitrogen and oxygen atoms in total. The highest BCUT2D eigenvalue weighted by Gasteiger charge is 2.19. The van der Waals surface area contributed by atoms with Crippen LogP contribution in [0, 0.1) is 0 Å². The fourth-order valence-corrected chi connectivity index (χ4v) is 3.52. The minimum Gasteiger partial charge on any atom is -0.486 e. The molecule has 4 heteroatoms. The Kier molecular flexibility index (Phi) is 5.57. The Labute approximate surface area is 165 Å². The van der Waals surface area contributed by atoms with Crippen LogP contribution >= 0.6 is 0 Å². The molecule has 1 N–H and O–H groups in total. The van der Waals surface area contributed by atoms with Crippen LogP contribution in [0.1, 0.15) is 29.0 Å². The van der Waals surface area contributed by atoms with Crippen molar-refractivity contribution in [2.24, 2.45) is 0 Å². The Bertz CT molecular complexity index is 886. The smallest absolute Gasteiger partial charge is 0.221 e. The molecule has 3 aromatic carbocycles. The third-order valence-electron chi connectivity index (χ3n) is 4.92. The lowest BCUT2D eigenvalue weighted by Gasteiger charge is -2.21. The van der Waals surface area contributed by atoms with Gasteiger partial charge in [0.15, 0.2) is 11.5 Å². The summed E-state index contributed by atoms with van der Waals surface area (Å²) in [6, 6.07) is 26.1. The van der Waals surface area contributed by atoms with E-state index in [-0.39, 0.29) is 11.8 Å². The highest BCUT2D eigenvalue weighted by Crippen LogP contribution is 2.33. The summed E-state index contributed by atoms with van der Waals surface area (Å²) in [6.07, 6.45) is 0.389. The maximum absolute atomic E-state index is 12.8. The van der Waals surface area contributed by atoms with E-state index in [4.69, 9.17) is 9.47 Å². The van der Waals surface area contributed by atoms with Crippen LogP contribution in [0.25, 0.3) is 0 Å². The second-order valence-electron chi connectivity index (χ2n) is 6.80. The van der Waals surface area contributed by atoms with Crippen molar-refractivity contribution in [1.29, 1.82) is 0 Å². The number of amides is 1. The minimum atomic E-state index is 0.00652. The van der Waals surface area contributed by atoms with Crippen molar-refractivity contribution in [1.82, 2.24) is 5.32 Å². The first-order chi connectivity index (χ1) is 13.8. The number of carbonyl (C=O) groups is 1. The number of benzene rings is 3. The third kappa shape index (κ3) is 4.17. The van der Waals surface area contributed by atoms with E-state index in [1.165, 1.54) is 0 Å². The highest BCUT2D eigenvalue weighted by molar-refractivity contribution is 5.77. The maximum Gasteiger partial charge on any atom is 0.221 e. The van der Waals surface area contributed by atoms with Crippen molar-refractivity contribution < 1.29 is 14.3 Å². The molecule has 3 aromatic rings. The average molecular weight is 373 g/mol. The molecular weight excluding hydrogens is 350 g/mol. The first kappa shape index (κ1) is 18.1. The van der Waals surface area contributed by atoms with Gasteiger partial charge < -0.3 is 14.8 Å². The highest BCUT2D eigenvalue weighted by atomic mass is 16.6. The summed E-state index contributed by atoms with van der Waals surface area (Å²) < 4.78 is 11.3. The Morgan fingerprint density at radius 2 is 1.46 bits per heavy atom. The van der Waals surface area contributed by atoms with E-state index in [1.807, 2.05) is 54.6 Å². The Morgan fingerprint density at radius 3 is 2.14 bits per heavy atom. The molecule has 1 amide bonds. The van der Waals surface area contributed by atoms with Crippen LogP contribution in [0.5, 0.6) is 11.5 Å². The Morgan fingerprint density at radius 1 is 0.821 bits per heavy atom. The summed E-state index contributed by atoms with van der Waals surface area (Å²) in [5.41, 5.74) is 3.21. The van der Waals surface area contributed by atoms with Crippen LogP contribution in [0.2, 0.25) is 0 Å². The van der Waals surface area contributed by atoms with Gasteiger partial charge in [0.2, 0.25) is 5.91 Å². The Hall–Kier alpha value is -3.27. The predicted molar refractivity (Wildman–Crippen MR) is 109 cm³/mol. The minimum absolute atomic E-state index is 0.00652. The summed E-state index contributed by atoms with van der Waals surface area (Å²) >= 11 is 0. The number of ether oxygens (including phenoxy) is 2. The molecule has 1 aliphatic heterocycles. The van der Waals surface area contributed by atoms with Crippen molar-refractivity contribution in [3.63, 3.8) is 0 Å². The van der Waals surface area contributed by atoms with E-state index >= 15 is 0 Å². The number of rotatable bonds is 6. The number of carbonyl (C=O) groups excluding carboxylic acids is 1. The summed E-state index contributed by atoms with van der Waals surface area (Å²) in [4.78, 5) is 12.8. The largest absolute Gasteiger partial charge is 0.486 e. The third-order valence-corrected chi connectivity index (χ3v) is 4.92. The van der Waals surface area contributed by atoms with Crippen molar-refractivity contribution >= 4 is 5.91 Å². The summed E-state index contributed by atoms with van der Waals surface area (Å²) in [7, 11) is 0. The van der Waals surface area contributed by atoms with E-state index in [0.717, 1.165) is 28.2 Å². The van der Waals surface area contributed by atoms with Gasteiger partial charge in [0.1, 0.15) is 13.2 Å². The molecule has 0 saturated carbocycles. The van der Waals surface area contributed by atoms with Gasteiger partial charge >= 0.3 is 0 Å². The van der Waals surface area contributed by atoms with Crippen molar-refractivity contribution in [2.75, 3.05) is 13.2 Å². The first-order valence-electron chi connectivity index (χ1n) is 9.55. The molecule has 0 aromatic heterocycles. The molecule has 0 atom stereocenters.